The second kappa shape index (κ2) is 6.02. The first kappa shape index (κ1) is 11.5. The highest BCUT2D eigenvalue weighted by molar-refractivity contribution is 5.83. The number of hydrogen-bond donors (Lipinski definition) is 0. The van der Waals surface area contributed by atoms with Gasteiger partial charge in [-0.1, -0.05) is 12.1 Å². The number of nitrogens with zero attached hydrogens (tertiary/aromatic N) is 2. The fourth-order valence-corrected chi connectivity index (χ4v) is 2.15. The average molecular weight is 198 g/mol. The molecule has 0 amide bonds. The van der Waals surface area contributed by atoms with Crippen LogP contribution in [0.5, 0.6) is 0 Å². The molecule has 1 heterocycles. The minimum absolute atomic E-state index is 0.780. The summed E-state index contributed by atoms with van der Waals surface area (Å²) in [6.45, 7) is 4.60. The van der Waals surface area contributed by atoms with Gasteiger partial charge in [-0.15, -0.1) is 0 Å². The Bertz CT molecular complexity index is 192. The standard InChI is InChI=1S/C11H22N2O/c1-4-11(12-14-3)8-10-6-5-7-13(2)9-10/h10H,4-9H2,1-3H3/b12-11-/t10-/m0/s1. The largest absolute Gasteiger partial charge is 0.399 e. The fourth-order valence-electron chi connectivity index (χ4n) is 2.15. The maximum Gasteiger partial charge on any atom is 0.106 e. The molecule has 1 atom stereocenters. The summed E-state index contributed by atoms with van der Waals surface area (Å²) < 4.78 is 0. The van der Waals surface area contributed by atoms with Crippen LogP contribution in [0.15, 0.2) is 5.16 Å². The van der Waals surface area contributed by atoms with E-state index < -0.39 is 0 Å². The summed E-state index contributed by atoms with van der Waals surface area (Å²) in [7, 11) is 3.83. The molecule has 0 aliphatic carbocycles. The molecule has 3 heteroatoms. The first-order valence-corrected chi connectivity index (χ1v) is 5.53. The molecule has 0 unspecified atom stereocenters. The first-order chi connectivity index (χ1) is 6.76. The van der Waals surface area contributed by atoms with Crippen molar-refractivity contribution in [1.82, 2.24) is 4.90 Å². The number of oxime groups is 1. The zero-order chi connectivity index (χ0) is 10.4. The van der Waals surface area contributed by atoms with E-state index in [4.69, 9.17) is 4.84 Å². The molecule has 1 saturated heterocycles. The van der Waals surface area contributed by atoms with Crippen LogP contribution in [-0.4, -0.2) is 37.9 Å². The quantitative estimate of drug-likeness (QED) is 0.510. The summed E-state index contributed by atoms with van der Waals surface area (Å²) in [6, 6.07) is 0. The van der Waals surface area contributed by atoms with Crippen molar-refractivity contribution in [1.29, 1.82) is 0 Å². The molecule has 3 nitrogen and oxygen atoms in total. The predicted octanol–water partition coefficient (Wildman–Crippen LogP) is 2.13. The van der Waals surface area contributed by atoms with E-state index in [0.29, 0.717) is 0 Å². The molecule has 1 aliphatic rings. The third kappa shape index (κ3) is 3.66. The molecule has 14 heavy (non-hydrogen) atoms. The Labute approximate surface area is 87.1 Å². The molecular formula is C11H22N2O. The highest BCUT2D eigenvalue weighted by Gasteiger charge is 2.18. The molecule has 0 aromatic carbocycles. The Morgan fingerprint density at radius 3 is 2.93 bits per heavy atom. The maximum atomic E-state index is 4.84. The lowest BCUT2D eigenvalue weighted by Gasteiger charge is -2.29. The normalized spacial score (nSPS) is 25.1. The molecule has 1 rings (SSSR count). The third-order valence-electron chi connectivity index (χ3n) is 2.87. The van der Waals surface area contributed by atoms with Crippen molar-refractivity contribution in [3.63, 3.8) is 0 Å². The second-order valence-electron chi connectivity index (χ2n) is 4.17. The molecule has 1 aliphatic heterocycles. The van der Waals surface area contributed by atoms with Gasteiger partial charge in [0, 0.05) is 6.54 Å². The van der Waals surface area contributed by atoms with Gasteiger partial charge in [-0.05, 0) is 45.2 Å². The molecule has 0 aromatic heterocycles. The Balaban J connectivity index is 2.37. The van der Waals surface area contributed by atoms with Crippen molar-refractivity contribution in [2.45, 2.75) is 32.6 Å². The Hall–Kier alpha value is -0.570. The topological polar surface area (TPSA) is 24.8 Å². The van der Waals surface area contributed by atoms with E-state index in [0.717, 1.165) is 18.8 Å². The molecule has 0 radical (unpaired) electrons. The van der Waals surface area contributed by atoms with E-state index in [1.807, 2.05) is 0 Å². The van der Waals surface area contributed by atoms with Gasteiger partial charge in [-0.2, -0.15) is 0 Å². The second-order valence-corrected chi connectivity index (χ2v) is 4.17. The van der Waals surface area contributed by atoms with Crippen molar-refractivity contribution in [2.75, 3.05) is 27.2 Å². The van der Waals surface area contributed by atoms with Gasteiger partial charge in [0.15, 0.2) is 0 Å². The van der Waals surface area contributed by atoms with Gasteiger partial charge in [0.05, 0.1) is 5.71 Å². The van der Waals surface area contributed by atoms with Gasteiger partial charge in [0.2, 0.25) is 0 Å². The molecule has 1 fully saturated rings. The molecule has 0 aromatic rings. The smallest absolute Gasteiger partial charge is 0.106 e. The predicted molar refractivity (Wildman–Crippen MR) is 59.6 cm³/mol. The zero-order valence-electron chi connectivity index (χ0n) is 9.62. The highest BCUT2D eigenvalue weighted by Crippen LogP contribution is 2.19. The van der Waals surface area contributed by atoms with Gasteiger partial charge in [-0.25, -0.2) is 0 Å². The summed E-state index contributed by atoms with van der Waals surface area (Å²) in [5.74, 6) is 0.780. The van der Waals surface area contributed by atoms with Gasteiger partial charge < -0.3 is 9.74 Å². The maximum absolute atomic E-state index is 4.84. The van der Waals surface area contributed by atoms with Crippen LogP contribution < -0.4 is 0 Å². The van der Waals surface area contributed by atoms with Crippen molar-refractivity contribution >= 4 is 5.71 Å². The van der Waals surface area contributed by atoms with Gasteiger partial charge in [0.25, 0.3) is 0 Å². The summed E-state index contributed by atoms with van der Waals surface area (Å²) in [6.07, 6.45) is 4.78. The number of likely N-dealkylation sites (tertiary alicyclic amines) is 1. The van der Waals surface area contributed by atoms with Crippen molar-refractivity contribution in [2.24, 2.45) is 11.1 Å². The third-order valence-corrected chi connectivity index (χ3v) is 2.87. The minimum Gasteiger partial charge on any atom is -0.399 e. The van der Waals surface area contributed by atoms with Crippen LogP contribution in [0.4, 0.5) is 0 Å². The Morgan fingerprint density at radius 1 is 1.57 bits per heavy atom. The first-order valence-electron chi connectivity index (χ1n) is 5.53. The van der Waals surface area contributed by atoms with Crippen LogP contribution in [0.2, 0.25) is 0 Å². The number of hydrogen-bond acceptors (Lipinski definition) is 3. The van der Waals surface area contributed by atoms with Crippen LogP contribution in [0.3, 0.4) is 0 Å². The number of piperidine rings is 1. The van der Waals surface area contributed by atoms with E-state index in [1.54, 1.807) is 7.11 Å². The van der Waals surface area contributed by atoms with E-state index >= 15 is 0 Å². The van der Waals surface area contributed by atoms with Crippen molar-refractivity contribution < 1.29 is 4.84 Å². The van der Waals surface area contributed by atoms with Gasteiger partial charge in [-0.3, -0.25) is 0 Å². The van der Waals surface area contributed by atoms with Crippen LogP contribution in [0.25, 0.3) is 0 Å². The summed E-state index contributed by atoms with van der Waals surface area (Å²) in [4.78, 5) is 7.25. The lowest BCUT2D eigenvalue weighted by molar-refractivity contribution is 0.200. The van der Waals surface area contributed by atoms with Gasteiger partial charge >= 0.3 is 0 Å². The van der Waals surface area contributed by atoms with E-state index in [2.05, 4.69) is 24.0 Å². The van der Waals surface area contributed by atoms with Crippen molar-refractivity contribution in [3.05, 3.63) is 0 Å². The van der Waals surface area contributed by atoms with E-state index in [1.165, 1.54) is 31.6 Å². The average Bonchev–Trinajstić information content (AvgIpc) is 2.17. The monoisotopic (exact) mass is 198 g/mol. The van der Waals surface area contributed by atoms with E-state index in [-0.39, 0.29) is 0 Å². The summed E-state index contributed by atoms with van der Waals surface area (Å²) in [5, 5.41) is 4.06. The molecule has 0 saturated carbocycles. The Kier molecular flexibility index (Phi) is 4.94. The Morgan fingerprint density at radius 2 is 2.36 bits per heavy atom. The molecule has 0 bridgehead atoms. The van der Waals surface area contributed by atoms with Gasteiger partial charge in [0.1, 0.15) is 7.11 Å². The zero-order valence-corrected chi connectivity index (χ0v) is 9.62. The summed E-state index contributed by atoms with van der Waals surface area (Å²) in [5.41, 5.74) is 1.20. The van der Waals surface area contributed by atoms with E-state index in [9.17, 15) is 0 Å². The summed E-state index contributed by atoms with van der Waals surface area (Å²) >= 11 is 0. The molecule has 0 spiro atoms. The lowest BCUT2D eigenvalue weighted by atomic mass is 9.92. The van der Waals surface area contributed by atoms with Crippen LogP contribution >= 0.6 is 0 Å². The lowest BCUT2D eigenvalue weighted by Crippen LogP contribution is -2.33. The van der Waals surface area contributed by atoms with Crippen LogP contribution in [0.1, 0.15) is 32.6 Å². The SMILES string of the molecule is CC/C(C[C@@H]1CCCN(C)C1)=N/OC. The molecular weight excluding hydrogens is 176 g/mol. The molecule has 0 N–H and O–H groups in total. The van der Waals surface area contributed by atoms with Crippen LogP contribution in [-0.2, 0) is 4.84 Å². The fraction of sp³-hybridized carbons (Fsp3) is 0.909. The number of rotatable bonds is 4. The highest BCUT2D eigenvalue weighted by atomic mass is 16.6. The minimum atomic E-state index is 0.780. The van der Waals surface area contributed by atoms with Crippen molar-refractivity contribution in [3.8, 4) is 0 Å². The molecule has 82 valence electrons. The van der Waals surface area contributed by atoms with Crippen LogP contribution in [0, 0.1) is 5.92 Å².